The van der Waals surface area contributed by atoms with Gasteiger partial charge in [0.05, 0.1) is 0 Å². The first-order valence-corrected chi connectivity index (χ1v) is 33.2. The highest BCUT2D eigenvalue weighted by molar-refractivity contribution is 5.96. The number of nitrogens with zero attached hydrogens (tertiary/aromatic N) is 2. The van der Waals surface area contributed by atoms with E-state index in [0.717, 1.165) is 117 Å². The van der Waals surface area contributed by atoms with Crippen molar-refractivity contribution in [2.75, 3.05) is 20.4 Å². The lowest BCUT2D eigenvalue weighted by Gasteiger charge is -2.62. The Bertz CT molecular complexity index is 3700. The summed E-state index contributed by atoms with van der Waals surface area (Å²) in [5.41, 5.74) is 20.7. The maximum atomic E-state index is 15.6. The van der Waals surface area contributed by atoms with Crippen LogP contribution in [0, 0.1) is 39.5 Å². The van der Waals surface area contributed by atoms with E-state index in [2.05, 4.69) is 256 Å². The molecule has 1 saturated carbocycles. The van der Waals surface area contributed by atoms with E-state index in [-0.39, 0.29) is 23.7 Å². The van der Waals surface area contributed by atoms with E-state index in [1.807, 2.05) is 50.2 Å². The third-order valence-electron chi connectivity index (χ3n) is 19.1. The molecule has 1 aliphatic carbocycles. The second-order valence-electron chi connectivity index (χ2n) is 25.1. The van der Waals surface area contributed by atoms with E-state index in [1.165, 1.54) is 22.3 Å². The topological polar surface area (TPSA) is 111 Å². The molecule has 2 N–H and O–H groups in total. The molecule has 10 aromatic carbocycles. The summed E-state index contributed by atoms with van der Waals surface area (Å²) in [6.45, 7) is 16.8. The van der Waals surface area contributed by atoms with Gasteiger partial charge in [-0.05, 0) is 216 Å². The fourth-order valence-corrected chi connectivity index (χ4v) is 13.6. The smallest absolute Gasteiger partial charge is 0.227 e. The number of aryl methyl sites for hydroxylation is 4. The molecule has 92 heavy (non-hydrogen) atoms. The predicted octanol–water partition coefficient (Wildman–Crippen LogP) is 20.2. The number of hydrogen-bond acceptors (Lipinski definition) is 6. The molecular weight excluding hydrogens is 1130 g/mol. The van der Waals surface area contributed by atoms with Crippen LogP contribution >= 0.6 is 0 Å². The fraction of sp³-hybridized carbons (Fsp3) is 0.262. The molecule has 8 heteroatoms. The Labute approximate surface area is 545 Å². The van der Waals surface area contributed by atoms with Gasteiger partial charge in [0.2, 0.25) is 11.8 Å². The fourth-order valence-electron chi connectivity index (χ4n) is 13.6. The zero-order valence-corrected chi connectivity index (χ0v) is 54.6. The molecule has 0 spiro atoms. The number of carbonyl (C=O) groups excluding carboxylic acids is 2. The summed E-state index contributed by atoms with van der Waals surface area (Å²) in [5.74, 6) is -2.83. The van der Waals surface area contributed by atoms with E-state index in [0.29, 0.717) is 35.3 Å². The lowest BCUT2D eigenvalue weighted by Crippen LogP contribution is -2.63. The van der Waals surface area contributed by atoms with Crippen molar-refractivity contribution >= 4 is 57.3 Å². The van der Waals surface area contributed by atoms with Crippen LogP contribution in [-0.4, -0.2) is 24.0 Å². The third-order valence-corrected chi connectivity index (χ3v) is 19.1. The quantitative estimate of drug-likeness (QED) is 0.0624. The molecule has 0 bridgehead atoms. The van der Waals surface area contributed by atoms with Crippen LogP contribution < -0.4 is 30.6 Å². The van der Waals surface area contributed by atoms with Gasteiger partial charge in [-0.2, -0.15) is 0 Å². The second kappa shape index (κ2) is 29.3. The Kier molecular flexibility index (Phi) is 20.4. The van der Waals surface area contributed by atoms with Crippen LogP contribution in [-0.2, 0) is 9.59 Å². The van der Waals surface area contributed by atoms with Crippen LogP contribution in [0.4, 0.5) is 45.5 Å². The van der Waals surface area contributed by atoms with E-state index >= 15 is 10.2 Å². The molecule has 2 atom stereocenters. The van der Waals surface area contributed by atoms with Crippen LogP contribution in [0.1, 0.15) is 124 Å². The third kappa shape index (κ3) is 13.8. The van der Waals surface area contributed by atoms with Crippen molar-refractivity contribution in [1.82, 2.24) is 0 Å². The van der Waals surface area contributed by atoms with Gasteiger partial charge in [-0.1, -0.05) is 211 Å². The molecule has 0 heterocycles. The van der Waals surface area contributed by atoms with Gasteiger partial charge in [-0.25, -0.2) is 0 Å². The first-order chi connectivity index (χ1) is 44.8. The highest BCUT2D eigenvalue weighted by Crippen LogP contribution is 2.52. The van der Waals surface area contributed by atoms with Crippen molar-refractivity contribution < 1.29 is 19.8 Å². The van der Waals surface area contributed by atoms with E-state index in [4.69, 9.17) is 0 Å². The SMILES string of the molecule is CCCCC(CC)C(=O)Nc1cc(N(c2ccc(-c3ccccc3C)cc2)c2ccc(-c3ccccc3C)cc2)ccc1C1C([O-])C(c2ccc(N(c3ccc(-c4ccccc4C)cc3)c3ccc(-c4ccccc4C)cc3)cc2NC(=O)C(CC)CCCC)C1[O-]. The minimum Gasteiger partial charge on any atom is -0.851 e. The lowest BCUT2D eigenvalue weighted by atomic mass is 9.62. The molecular formula is C84H86N4O4-2. The van der Waals surface area contributed by atoms with Crippen LogP contribution in [0.5, 0.6) is 0 Å². The molecule has 11 rings (SSSR count). The Hall–Kier alpha value is -9.34. The van der Waals surface area contributed by atoms with Crippen molar-refractivity contribution in [3.8, 4) is 44.5 Å². The minimum absolute atomic E-state index is 0.134. The van der Waals surface area contributed by atoms with Gasteiger partial charge in [0.25, 0.3) is 0 Å². The predicted molar refractivity (Wildman–Crippen MR) is 380 cm³/mol. The van der Waals surface area contributed by atoms with Crippen LogP contribution in [0.25, 0.3) is 44.5 Å². The average Bonchev–Trinajstić information content (AvgIpc) is 0.736. The molecule has 468 valence electrons. The van der Waals surface area contributed by atoms with Crippen LogP contribution in [0.2, 0.25) is 0 Å². The molecule has 1 fully saturated rings. The highest BCUT2D eigenvalue weighted by Gasteiger charge is 2.41. The van der Waals surface area contributed by atoms with Crippen molar-refractivity contribution in [3.63, 3.8) is 0 Å². The van der Waals surface area contributed by atoms with Crippen LogP contribution in [0.15, 0.2) is 231 Å². The Morgan fingerprint density at radius 3 is 0.880 bits per heavy atom. The molecule has 2 amide bonds. The van der Waals surface area contributed by atoms with E-state index in [9.17, 15) is 9.59 Å². The Balaban J connectivity index is 1.00. The first kappa shape index (κ1) is 64.2. The normalized spacial score (nSPS) is 15.8. The maximum Gasteiger partial charge on any atom is 0.227 e. The van der Waals surface area contributed by atoms with Crippen molar-refractivity contribution in [2.45, 2.75) is 131 Å². The molecule has 10 aromatic rings. The summed E-state index contributed by atoms with van der Waals surface area (Å²) in [6.07, 6.45) is 3.59. The molecule has 0 radical (unpaired) electrons. The number of benzene rings is 10. The second-order valence-corrected chi connectivity index (χ2v) is 25.1. The van der Waals surface area contributed by atoms with Gasteiger partial charge >= 0.3 is 0 Å². The van der Waals surface area contributed by atoms with Gasteiger partial charge in [-0.15, -0.1) is 12.2 Å². The summed E-state index contributed by atoms with van der Waals surface area (Å²) in [4.78, 5) is 33.6. The van der Waals surface area contributed by atoms with Crippen molar-refractivity contribution in [2.24, 2.45) is 11.8 Å². The molecule has 0 aliphatic heterocycles. The number of amides is 2. The van der Waals surface area contributed by atoms with Gasteiger partial charge < -0.3 is 30.6 Å². The molecule has 2 unspecified atom stereocenters. The monoisotopic (exact) mass is 1210 g/mol. The number of hydrogen-bond donors (Lipinski definition) is 2. The van der Waals surface area contributed by atoms with Crippen molar-refractivity contribution in [1.29, 1.82) is 0 Å². The summed E-state index contributed by atoms with van der Waals surface area (Å²) in [5, 5.41) is 37.8. The number of rotatable bonds is 24. The minimum atomic E-state index is -1.41. The maximum absolute atomic E-state index is 15.6. The highest BCUT2D eigenvalue weighted by atomic mass is 16.3. The zero-order chi connectivity index (χ0) is 64.4. The van der Waals surface area contributed by atoms with E-state index in [1.54, 1.807) is 0 Å². The van der Waals surface area contributed by atoms with Crippen molar-refractivity contribution in [3.05, 3.63) is 264 Å². The summed E-state index contributed by atoms with van der Waals surface area (Å²) in [6, 6.07) is 79.3. The largest absolute Gasteiger partial charge is 0.851 e. The molecule has 0 saturated heterocycles. The standard InChI is InChI=1S/C84H86N4O4/c1-9-13-27-59(11-3)83(91)85-77-53-69(87(65-41-33-61(34-42-65)71-29-19-15-23-55(71)5)66-43-35-62(36-44-66)72-30-20-16-24-56(72)6)49-51-75(77)79-81(89)80(82(79)90)76-52-50-70(54-78(76)86-84(92)60(12-4)28-14-10-2)88(67-45-37-63(38-46-67)73-31-21-17-25-57(73)7)68-47-39-64(40-48-68)74-32-22-18-26-58(74)8/h15-26,29-54,59-60,79-82H,9-14,27-28H2,1-8H3,(H,85,91)(H,86,92)/q-2. The van der Waals surface area contributed by atoms with Gasteiger partial charge in [0, 0.05) is 57.3 Å². The van der Waals surface area contributed by atoms with Gasteiger partial charge in [0.1, 0.15) is 0 Å². The summed E-state index contributed by atoms with van der Waals surface area (Å²) < 4.78 is 0. The number of unbranched alkanes of at least 4 members (excludes halogenated alkanes) is 2. The summed E-state index contributed by atoms with van der Waals surface area (Å²) in [7, 11) is 0. The summed E-state index contributed by atoms with van der Waals surface area (Å²) >= 11 is 0. The Morgan fingerprint density at radius 1 is 0.370 bits per heavy atom. The molecule has 8 nitrogen and oxygen atoms in total. The lowest BCUT2D eigenvalue weighted by molar-refractivity contribution is -0.535. The zero-order valence-electron chi connectivity index (χ0n) is 54.6. The molecule has 1 aliphatic rings. The number of carbonyl (C=O) groups is 2. The van der Waals surface area contributed by atoms with Gasteiger partial charge in [-0.3, -0.25) is 9.59 Å². The van der Waals surface area contributed by atoms with Gasteiger partial charge in [0.15, 0.2) is 0 Å². The number of nitrogens with one attached hydrogen (secondary N) is 2. The number of anilines is 8. The van der Waals surface area contributed by atoms with Crippen LogP contribution in [0.3, 0.4) is 0 Å². The Morgan fingerprint density at radius 2 is 0.630 bits per heavy atom. The van der Waals surface area contributed by atoms with E-state index < -0.39 is 24.0 Å². The molecule has 0 aromatic heterocycles. The average molecular weight is 1220 g/mol. The first-order valence-electron chi connectivity index (χ1n) is 33.2.